The number of piperidine rings is 1. The molecule has 1 aliphatic rings. The molecule has 0 radical (unpaired) electrons. The van der Waals surface area contributed by atoms with Gasteiger partial charge in [0, 0.05) is 25.2 Å². The molecule has 6 heteroatoms. The minimum atomic E-state index is -0.279. The monoisotopic (exact) mass is 263 g/mol. The van der Waals surface area contributed by atoms with Gasteiger partial charge in [0.1, 0.15) is 5.75 Å². The van der Waals surface area contributed by atoms with Crippen LogP contribution >= 0.6 is 0 Å². The number of rotatable bonds is 4. The third-order valence-corrected chi connectivity index (χ3v) is 3.25. The predicted octanol–water partition coefficient (Wildman–Crippen LogP) is 0.184. The molecule has 6 nitrogen and oxygen atoms in total. The van der Waals surface area contributed by atoms with Gasteiger partial charge < -0.3 is 15.4 Å². The fourth-order valence-corrected chi connectivity index (χ4v) is 2.08. The van der Waals surface area contributed by atoms with Crippen molar-refractivity contribution < 1.29 is 14.3 Å². The van der Waals surface area contributed by atoms with Crippen LogP contribution in [-0.4, -0.2) is 41.4 Å². The van der Waals surface area contributed by atoms with Crippen molar-refractivity contribution >= 4 is 11.8 Å². The molecule has 102 valence electrons. The zero-order chi connectivity index (χ0) is 13.7. The molecule has 0 spiro atoms. The third kappa shape index (κ3) is 3.67. The van der Waals surface area contributed by atoms with Gasteiger partial charge in [-0.15, -0.1) is 0 Å². The molecule has 1 fully saturated rings. The van der Waals surface area contributed by atoms with Crippen molar-refractivity contribution in [2.45, 2.75) is 12.8 Å². The standard InChI is InChI=1S/C13H17N3O3/c14-13(18)10-3-6-16(7-4-10)12(17)9-19-11-2-1-5-15-8-11/h1-2,5,8,10H,3-4,6-7,9H2,(H2,14,18). The van der Waals surface area contributed by atoms with Gasteiger partial charge in [-0.2, -0.15) is 0 Å². The Morgan fingerprint density at radius 2 is 2.16 bits per heavy atom. The van der Waals surface area contributed by atoms with Gasteiger partial charge in [-0.05, 0) is 25.0 Å². The van der Waals surface area contributed by atoms with E-state index in [1.54, 1.807) is 29.4 Å². The Kier molecular flexibility index (Phi) is 4.33. The summed E-state index contributed by atoms with van der Waals surface area (Å²) >= 11 is 0. The summed E-state index contributed by atoms with van der Waals surface area (Å²) in [5.74, 6) is 0.108. The molecular weight excluding hydrogens is 246 g/mol. The van der Waals surface area contributed by atoms with Crippen molar-refractivity contribution in [1.29, 1.82) is 0 Å². The van der Waals surface area contributed by atoms with Gasteiger partial charge in [0.2, 0.25) is 5.91 Å². The van der Waals surface area contributed by atoms with Gasteiger partial charge in [0.15, 0.2) is 6.61 Å². The quantitative estimate of drug-likeness (QED) is 0.840. The highest BCUT2D eigenvalue weighted by Crippen LogP contribution is 2.17. The van der Waals surface area contributed by atoms with Crippen LogP contribution in [0.5, 0.6) is 5.75 Å². The minimum absolute atomic E-state index is 0.00701. The first-order chi connectivity index (χ1) is 9.16. The number of hydrogen-bond donors (Lipinski definition) is 1. The number of aromatic nitrogens is 1. The van der Waals surface area contributed by atoms with Gasteiger partial charge in [0.05, 0.1) is 6.20 Å². The van der Waals surface area contributed by atoms with E-state index in [1.165, 1.54) is 0 Å². The van der Waals surface area contributed by atoms with Crippen LogP contribution in [0, 0.1) is 5.92 Å². The Labute approximate surface area is 111 Å². The molecule has 2 amide bonds. The zero-order valence-electron chi connectivity index (χ0n) is 10.6. The SMILES string of the molecule is NC(=O)C1CCN(C(=O)COc2cccnc2)CC1. The second-order valence-corrected chi connectivity index (χ2v) is 4.53. The lowest BCUT2D eigenvalue weighted by molar-refractivity contribution is -0.136. The summed E-state index contributed by atoms with van der Waals surface area (Å²) in [6, 6.07) is 3.50. The molecule has 1 saturated heterocycles. The summed E-state index contributed by atoms with van der Waals surface area (Å²) in [6.45, 7) is 1.11. The minimum Gasteiger partial charge on any atom is -0.482 e. The summed E-state index contributed by atoms with van der Waals surface area (Å²) in [6.07, 6.45) is 4.47. The van der Waals surface area contributed by atoms with Crippen LogP contribution < -0.4 is 10.5 Å². The van der Waals surface area contributed by atoms with Crippen LogP contribution in [0.1, 0.15) is 12.8 Å². The summed E-state index contributed by atoms with van der Waals surface area (Å²) in [5, 5.41) is 0. The van der Waals surface area contributed by atoms with E-state index < -0.39 is 0 Å². The van der Waals surface area contributed by atoms with Crippen molar-refractivity contribution in [2.24, 2.45) is 11.7 Å². The zero-order valence-corrected chi connectivity index (χ0v) is 10.6. The molecule has 0 saturated carbocycles. The highest BCUT2D eigenvalue weighted by atomic mass is 16.5. The normalized spacial score (nSPS) is 16.1. The maximum Gasteiger partial charge on any atom is 0.260 e. The molecule has 1 aliphatic heterocycles. The van der Waals surface area contributed by atoms with Gasteiger partial charge in [-0.3, -0.25) is 14.6 Å². The van der Waals surface area contributed by atoms with Gasteiger partial charge in [-0.1, -0.05) is 0 Å². The van der Waals surface area contributed by atoms with E-state index in [1.807, 2.05) is 0 Å². The fourth-order valence-electron chi connectivity index (χ4n) is 2.08. The third-order valence-electron chi connectivity index (χ3n) is 3.25. The molecule has 1 aromatic heterocycles. The first kappa shape index (κ1) is 13.3. The van der Waals surface area contributed by atoms with Crippen molar-refractivity contribution in [3.8, 4) is 5.75 Å². The van der Waals surface area contributed by atoms with Crippen molar-refractivity contribution in [3.63, 3.8) is 0 Å². The smallest absolute Gasteiger partial charge is 0.260 e. The van der Waals surface area contributed by atoms with Crippen LogP contribution in [-0.2, 0) is 9.59 Å². The number of hydrogen-bond acceptors (Lipinski definition) is 4. The number of likely N-dealkylation sites (tertiary alicyclic amines) is 1. The predicted molar refractivity (Wildman–Crippen MR) is 68.2 cm³/mol. The van der Waals surface area contributed by atoms with Crippen molar-refractivity contribution in [1.82, 2.24) is 9.88 Å². The lowest BCUT2D eigenvalue weighted by Gasteiger charge is -2.30. The molecule has 1 aromatic rings. The maximum absolute atomic E-state index is 11.9. The summed E-state index contributed by atoms with van der Waals surface area (Å²) in [7, 11) is 0. The molecule has 0 aliphatic carbocycles. The largest absolute Gasteiger partial charge is 0.482 e. The summed E-state index contributed by atoms with van der Waals surface area (Å²) in [4.78, 5) is 28.5. The highest BCUT2D eigenvalue weighted by Gasteiger charge is 2.25. The Bertz CT molecular complexity index is 442. The van der Waals surface area contributed by atoms with Crippen LogP contribution in [0.3, 0.4) is 0 Å². The van der Waals surface area contributed by atoms with Crippen LogP contribution in [0.2, 0.25) is 0 Å². The van der Waals surface area contributed by atoms with E-state index in [2.05, 4.69) is 4.98 Å². The van der Waals surface area contributed by atoms with E-state index in [0.717, 1.165) is 0 Å². The number of nitrogens with two attached hydrogens (primary N) is 1. The van der Waals surface area contributed by atoms with Crippen LogP contribution in [0.15, 0.2) is 24.5 Å². The van der Waals surface area contributed by atoms with Crippen molar-refractivity contribution in [3.05, 3.63) is 24.5 Å². The lowest BCUT2D eigenvalue weighted by Crippen LogP contribution is -2.43. The second-order valence-electron chi connectivity index (χ2n) is 4.53. The van der Waals surface area contributed by atoms with Gasteiger partial charge in [-0.25, -0.2) is 0 Å². The van der Waals surface area contributed by atoms with E-state index >= 15 is 0 Å². The molecule has 0 bridgehead atoms. The number of ether oxygens (including phenoxy) is 1. The lowest BCUT2D eigenvalue weighted by atomic mass is 9.96. The second kappa shape index (κ2) is 6.17. The van der Waals surface area contributed by atoms with E-state index in [-0.39, 0.29) is 24.3 Å². The molecule has 2 rings (SSSR count). The number of primary amides is 1. The molecule has 2 heterocycles. The fraction of sp³-hybridized carbons (Fsp3) is 0.462. The number of amides is 2. The Morgan fingerprint density at radius 3 is 2.74 bits per heavy atom. The topological polar surface area (TPSA) is 85.5 Å². The van der Waals surface area contributed by atoms with E-state index in [9.17, 15) is 9.59 Å². The molecule has 0 atom stereocenters. The van der Waals surface area contributed by atoms with Crippen LogP contribution in [0.25, 0.3) is 0 Å². The summed E-state index contributed by atoms with van der Waals surface area (Å²) < 4.78 is 5.35. The number of carbonyl (C=O) groups excluding carboxylic acids is 2. The molecule has 0 unspecified atom stereocenters. The molecular formula is C13H17N3O3. The highest BCUT2D eigenvalue weighted by molar-refractivity contribution is 5.79. The first-order valence-electron chi connectivity index (χ1n) is 6.26. The average molecular weight is 263 g/mol. The van der Waals surface area contributed by atoms with Gasteiger partial charge >= 0.3 is 0 Å². The van der Waals surface area contributed by atoms with Crippen molar-refractivity contribution in [2.75, 3.05) is 19.7 Å². The summed E-state index contributed by atoms with van der Waals surface area (Å²) in [5.41, 5.74) is 5.25. The van der Waals surface area contributed by atoms with E-state index in [0.29, 0.717) is 31.7 Å². The Hall–Kier alpha value is -2.11. The maximum atomic E-state index is 11.9. The molecule has 0 aromatic carbocycles. The van der Waals surface area contributed by atoms with Crippen LogP contribution in [0.4, 0.5) is 0 Å². The van der Waals surface area contributed by atoms with Gasteiger partial charge in [0.25, 0.3) is 5.91 Å². The average Bonchev–Trinajstić information content (AvgIpc) is 2.46. The number of nitrogens with zero attached hydrogens (tertiary/aromatic N) is 2. The number of pyridine rings is 1. The molecule has 19 heavy (non-hydrogen) atoms. The molecule has 2 N–H and O–H groups in total. The van der Waals surface area contributed by atoms with E-state index in [4.69, 9.17) is 10.5 Å². The Morgan fingerprint density at radius 1 is 1.42 bits per heavy atom. The first-order valence-corrected chi connectivity index (χ1v) is 6.26. The Balaban J connectivity index is 1.77. The number of carbonyl (C=O) groups is 2.